The van der Waals surface area contributed by atoms with Gasteiger partial charge in [-0.2, -0.15) is 0 Å². The van der Waals surface area contributed by atoms with Gasteiger partial charge in [0.2, 0.25) is 0 Å². The summed E-state index contributed by atoms with van der Waals surface area (Å²) in [5.41, 5.74) is 2.94. The number of rotatable bonds is 3. The highest BCUT2D eigenvalue weighted by atomic mass is 35.5. The van der Waals surface area contributed by atoms with Gasteiger partial charge in [-0.15, -0.1) is 5.10 Å². The Labute approximate surface area is 155 Å². The van der Waals surface area contributed by atoms with Crippen LogP contribution in [0.15, 0.2) is 48.5 Å². The third-order valence-corrected chi connectivity index (χ3v) is 4.73. The molecule has 0 spiro atoms. The smallest absolute Gasteiger partial charge is 0.168 e. The number of ketones is 1. The van der Waals surface area contributed by atoms with Crippen LogP contribution in [0.3, 0.4) is 0 Å². The molecule has 1 N–H and O–H groups in total. The van der Waals surface area contributed by atoms with E-state index in [1.165, 1.54) is 12.1 Å². The summed E-state index contributed by atoms with van der Waals surface area (Å²) in [7, 11) is 0. The molecule has 0 amide bonds. The average Bonchev–Trinajstić information content (AvgIpc) is 2.94. The standard InChI is InChI=1S/C20H17ClFN3O/c1-12-9-17-19(18(26)10-12)20(23-15-4-2-3-13(21)11-15)24-25(17)16-7-5-14(22)6-8-16/h2-8,11-12H,9-10H2,1H3,(H,23,24). The van der Waals surface area contributed by atoms with Crippen molar-refractivity contribution in [2.45, 2.75) is 19.8 Å². The van der Waals surface area contributed by atoms with Crippen molar-refractivity contribution in [3.05, 3.63) is 70.6 Å². The highest BCUT2D eigenvalue weighted by molar-refractivity contribution is 6.30. The molecule has 1 unspecified atom stereocenters. The number of carbonyl (C=O) groups excluding carboxylic acids is 1. The number of nitrogens with one attached hydrogen (secondary N) is 1. The first-order chi connectivity index (χ1) is 12.5. The molecule has 3 aromatic rings. The van der Waals surface area contributed by atoms with Crippen molar-refractivity contribution in [3.8, 4) is 5.69 Å². The molecule has 1 atom stereocenters. The number of aromatic nitrogens is 2. The minimum atomic E-state index is -0.309. The topological polar surface area (TPSA) is 46.9 Å². The lowest BCUT2D eigenvalue weighted by Gasteiger charge is -2.19. The molecule has 4 rings (SSSR count). The molecule has 132 valence electrons. The van der Waals surface area contributed by atoms with Crippen molar-refractivity contribution in [3.63, 3.8) is 0 Å². The Bertz CT molecular complexity index is 981. The second kappa shape index (κ2) is 6.57. The lowest BCUT2D eigenvalue weighted by atomic mass is 9.87. The summed E-state index contributed by atoms with van der Waals surface area (Å²) in [4.78, 5) is 12.7. The Morgan fingerprint density at radius 3 is 2.69 bits per heavy atom. The van der Waals surface area contributed by atoms with E-state index in [4.69, 9.17) is 11.6 Å². The van der Waals surface area contributed by atoms with E-state index in [1.54, 1.807) is 28.9 Å². The third kappa shape index (κ3) is 3.10. The molecule has 4 nitrogen and oxygen atoms in total. The van der Waals surface area contributed by atoms with Crippen LogP contribution in [0.5, 0.6) is 0 Å². The fraction of sp³-hybridized carbons (Fsp3) is 0.200. The molecule has 1 aromatic heterocycles. The van der Waals surface area contributed by atoms with E-state index >= 15 is 0 Å². The Morgan fingerprint density at radius 1 is 1.19 bits per heavy atom. The van der Waals surface area contributed by atoms with Gasteiger partial charge < -0.3 is 5.32 Å². The highest BCUT2D eigenvalue weighted by Crippen LogP contribution is 2.34. The van der Waals surface area contributed by atoms with E-state index in [9.17, 15) is 9.18 Å². The minimum Gasteiger partial charge on any atom is -0.338 e. The number of hydrogen-bond acceptors (Lipinski definition) is 3. The van der Waals surface area contributed by atoms with Crippen LogP contribution in [0, 0.1) is 11.7 Å². The van der Waals surface area contributed by atoms with Crippen LogP contribution in [0.25, 0.3) is 5.69 Å². The SMILES string of the molecule is CC1CC(=O)c2c(Nc3cccc(Cl)c3)nn(-c3ccc(F)cc3)c2C1. The first-order valence-corrected chi connectivity index (χ1v) is 8.82. The third-order valence-electron chi connectivity index (χ3n) is 4.49. The fourth-order valence-corrected chi connectivity index (χ4v) is 3.53. The summed E-state index contributed by atoms with van der Waals surface area (Å²) in [6.45, 7) is 2.05. The van der Waals surface area contributed by atoms with Gasteiger partial charge in [0, 0.05) is 17.1 Å². The Hall–Kier alpha value is -2.66. The Balaban J connectivity index is 1.83. The van der Waals surface area contributed by atoms with Crippen LogP contribution < -0.4 is 5.32 Å². The van der Waals surface area contributed by atoms with E-state index < -0.39 is 0 Å². The largest absolute Gasteiger partial charge is 0.338 e. The predicted octanol–water partition coefficient (Wildman–Crippen LogP) is 5.17. The molecule has 26 heavy (non-hydrogen) atoms. The molecule has 0 radical (unpaired) electrons. The monoisotopic (exact) mass is 369 g/mol. The van der Waals surface area contributed by atoms with Crippen LogP contribution in [0.2, 0.25) is 5.02 Å². The number of hydrogen-bond donors (Lipinski definition) is 1. The van der Waals surface area contributed by atoms with Gasteiger partial charge in [0.1, 0.15) is 5.82 Å². The summed E-state index contributed by atoms with van der Waals surface area (Å²) < 4.78 is 15.0. The van der Waals surface area contributed by atoms with Crippen molar-refractivity contribution < 1.29 is 9.18 Å². The van der Waals surface area contributed by atoms with Gasteiger partial charge in [-0.1, -0.05) is 24.6 Å². The summed E-state index contributed by atoms with van der Waals surface area (Å²) >= 11 is 6.05. The second-order valence-electron chi connectivity index (χ2n) is 6.63. The van der Waals surface area contributed by atoms with Gasteiger partial charge in [-0.3, -0.25) is 4.79 Å². The minimum absolute atomic E-state index is 0.0663. The fourth-order valence-electron chi connectivity index (χ4n) is 3.34. The molecule has 0 fully saturated rings. The average molecular weight is 370 g/mol. The van der Waals surface area contributed by atoms with Crippen LogP contribution in [0.4, 0.5) is 15.9 Å². The lowest BCUT2D eigenvalue weighted by Crippen LogP contribution is -2.19. The van der Waals surface area contributed by atoms with Crippen molar-refractivity contribution >= 4 is 28.9 Å². The van der Waals surface area contributed by atoms with Crippen LogP contribution in [-0.4, -0.2) is 15.6 Å². The first-order valence-electron chi connectivity index (χ1n) is 8.45. The van der Waals surface area contributed by atoms with Crippen molar-refractivity contribution in [2.24, 2.45) is 5.92 Å². The maximum absolute atomic E-state index is 13.3. The maximum Gasteiger partial charge on any atom is 0.168 e. The van der Waals surface area contributed by atoms with E-state index in [1.807, 2.05) is 19.1 Å². The Kier molecular flexibility index (Phi) is 4.24. The zero-order valence-electron chi connectivity index (χ0n) is 14.2. The van der Waals surface area contributed by atoms with Crippen LogP contribution >= 0.6 is 11.6 Å². The summed E-state index contributed by atoms with van der Waals surface area (Å²) in [5, 5.41) is 8.43. The molecule has 0 saturated heterocycles. The normalized spacial score (nSPS) is 16.4. The van der Waals surface area contributed by atoms with Gasteiger partial charge >= 0.3 is 0 Å². The molecule has 0 bridgehead atoms. The molecule has 1 aliphatic rings. The quantitative estimate of drug-likeness (QED) is 0.692. The van der Waals surface area contributed by atoms with Gasteiger partial charge in [-0.25, -0.2) is 9.07 Å². The molecule has 0 saturated carbocycles. The molecule has 2 aromatic carbocycles. The number of anilines is 2. The number of fused-ring (bicyclic) bond motifs is 1. The molecular formula is C20H17ClFN3O. The Morgan fingerprint density at radius 2 is 1.96 bits per heavy atom. The van der Waals surface area contributed by atoms with E-state index in [0.717, 1.165) is 23.5 Å². The zero-order chi connectivity index (χ0) is 18.3. The number of benzene rings is 2. The highest BCUT2D eigenvalue weighted by Gasteiger charge is 2.31. The molecule has 1 aliphatic carbocycles. The number of nitrogens with zero attached hydrogens (tertiary/aromatic N) is 2. The van der Waals surface area contributed by atoms with Crippen molar-refractivity contribution in [2.75, 3.05) is 5.32 Å². The zero-order valence-corrected chi connectivity index (χ0v) is 14.9. The molecule has 1 heterocycles. The van der Waals surface area contributed by atoms with E-state index in [0.29, 0.717) is 22.8 Å². The number of Topliss-reactive ketones (excluding diaryl/α,β-unsaturated/α-hetero) is 1. The van der Waals surface area contributed by atoms with Gasteiger partial charge in [0.15, 0.2) is 11.6 Å². The van der Waals surface area contributed by atoms with Crippen LogP contribution in [0.1, 0.15) is 29.4 Å². The van der Waals surface area contributed by atoms with Gasteiger partial charge in [-0.05, 0) is 54.8 Å². The molecule has 0 aliphatic heterocycles. The van der Waals surface area contributed by atoms with Gasteiger partial charge in [0.25, 0.3) is 0 Å². The first kappa shape index (κ1) is 16.8. The van der Waals surface area contributed by atoms with Gasteiger partial charge in [0.05, 0.1) is 16.9 Å². The lowest BCUT2D eigenvalue weighted by molar-refractivity contribution is 0.0953. The number of halogens is 2. The summed E-state index contributed by atoms with van der Waals surface area (Å²) in [5.74, 6) is 0.501. The molecular weight excluding hydrogens is 353 g/mol. The maximum atomic E-state index is 13.3. The summed E-state index contributed by atoms with van der Waals surface area (Å²) in [6, 6.07) is 13.4. The number of carbonyl (C=O) groups is 1. The second-order valence-corrected chi connectivity index (χ2v) is 7.07. The van der Waals surface area contributed by atoms with Crippen LogP contribution in [-0.2, 0) is 6.42 Å². The summed E-state index contributed by atoms with van der Waals surface area (Å²) in [6.07, 6.45) is 1.23. The van der Waals surface area contributed by atoms with Crippen molar-refractivity contribution in [1.29, 1.82) is 0 Å². The van der Waals surface area contributed by atoms with E-state index in [-0.39, 0.29) is 17.5 Å². The van der Waals surface area contributed by atoms with E-state index in [2.05, 4.69) is 10.4 Å². The molecule has 6 heteroatoms. The van der Waals surface area contributed by atoms with Crippen molar-refractivity contribution in [1.82, 2.24) is 9.78 Å². The predicted molar refractivity (Wildman–Crippen MR) is 100 cm³/mol.